The van der Waals surface area contributed by atoms with E-state index in [1.165, 1.54) is 7.05 Å². The van der Waals surface area contributed by atoms with Gasteiger partial charge in [-0.25, -0.2) is 4.98 Å². The number of nitrogens with zero attached hydrogens (tertiary/aromatic N) is 4. The maximum atomic E-state index is 13.7. The normalized spacial score (nSPS) is 16.0. The van der Waals surface area contributed by atoms with Crippen LogP contribution in [-0.4, -0.2) is 71.2 Å². The van der Waals surface area contributed by atoms with E-state index in [0.717, 1.165) is 28.0 Å². The fourth-order valence-corrected chi connectivity index (χ4v) is 6.05. The third-order valence-corrected chi connectivity index (χ3v) is 8.57. The van der Waals surface area contributed by atoms with Crippen LogP contribution in [0.25, 0.3) is 11.3 Å². The van der Waals surface area contributed by atoms with Crippen molar-refractivity contribution >= 4 is 34.2 Å². The number of fused-ring (bicyclic) bond motifs is 2. The van der Waals surface area contributed by atoms with Gasteiger partial charge in [0.05, 0.1) is 24.3 Å². The maximum Gasteiger partial charge on any atom is 0.282 e. The SMILES string of the molecule is CNC(=O)c1nnc(NC(=O)C(C)(C)[C@H]2c3ccccc3Oc3nc(-c4ccc(C(=O)N5CCOCC5)cc4)ccc32)s1. The highest BCUT2D eigenvalue weighted by atomic mass is 32.1. The van der Waals surface area contributed by atoms with Crippen molar-refractivity contribution in [3.05, 3.63) is 82.4 Å². The van der Waals surface area contributed by atoms with E-state index in [1.54, 1.807) is 4.90 Å². The van der Waals surface area contributed by atoms with Gasteiger partial charge in [0.15, 0.2) is 0 Å². The first-order valence-electron chi connectivity index (χ1n) is 13.9. The van der Waals surface area contributed by atoms with Gasteiger partial charge in [-0.2, -0.15) is 0 Å². The molecule has 12 heteroatoms. The molecule has 2 N–H and O–H groups in total. The molecule has 11 nitrogen and oxygen atoms in total. The van der Waals surface area contributed by atoms with E-state index in [9.17, 15) is 14.4 Å². The van der Waals surface area contributed by atoms with Crippen LogP contribution in [0, 0.1) is 5.41 Å². The van der Waals surface area contributed by atoms with Crippen molar-refractivity contribution in [2.45, 2.75) is 19.8 Å². The molecule has 43 heavy (non-hydrogen) atoms. The highest BCUT2D eigenvalue weighted by molar-refractivity contribution is 7.17. The number of pyridine rings is 1. The number of carbonyl (C=O) groups is 3. The van der Waals surface area contributed by atoms with Crippen LogP contribution >= 0.6 is 11.3 Å². The fraction of sp³-hybridized carbons (Fsp3) is 0.290. The lowest BCUT2D eigenvalue weighted by Crippen LogP contribution is -2.40. The van der Waals surface area contributed by atoms with Crippen molar-refractivity contribution < 1.29 is 23.9 Å². The number of carbonyl (C=O) groups excluding carboxylic acids is 3. The molecule has 1 fully saturated rings. The van der Waals surface area contributed by atoms with Gasteiger partial charge in [-0.05, 0) is 24.3 Å². The third kappa shape index (κ3) is 5.46. The lowest BCUT2D eigenvalue weighted by atomic mass is 9.69. The molecule has 1 saturated heterocycles. The van der Waals surface area contributed by atoms with Gasteiger partial charge in [-0.1, -0.05) is 61.6 Å². The minimum atomic E-state index is -0.974. The van der Waals surface area contributed by atoms with Gasteiger partial charge in [-0.3, -0.25) is 14.4 Å². The van der Waals surface area contributed by atoms with Crippen LogP contribution in [0.5, 0.6) is 11.6 Å². The Hall–Kier alpha value is -4.68. The summed E-state index contributed by atoms with van der Waals surface area (Å²) in [5.74, 6) is -0.0407. The number of morpholine rings is 1. The molecular weight excluding hydrogens is 568 g/mol. The maximum absolute atomic E-state index is 13.7. The highest BCUT2D eigenvalue weighted by Crippen LogP contribution is 2.52. The monoisotopic (exact) mass is 598 g/mol. The van der Waals surface area contributed by atoms with E-state index in [-0.39, 0.29) is 27.9 Å². The predicted octanol–water partition coefficient (Wildman–Crippen LogP) is 4.33. The summed E-state index contributed by atoms with van der Waals surface area (Å²) >= 11 is 1.01. The van der Waals surface area contributed by atoms with Gasteiger partial charge in [0, 0.05) is 48.3 Å². The standard InChI is InChI=1S/C31H30N6O5S/c1-31(2,29(40)34-30-36-35-27(43-30)25(38)32-3)24-20-6-4-5-7-23(20)42-26-21(24)12-13-22(33-26)18-8-10-19(11-9-18)28(39)37-14-16-41-17-15-37/h4-13,24H,14-17H2,1-3H3,(H,32,38)(H,34,36,40)/t24-/m0/s1. The van der Waals surface area contributed by atoms with E-state index in [1.807, 2.05) is 74.5 Å². The molecule has 0 aliphatic carbocycles. The van der Waals surface area contributed by atoms with Gasteiger partial charge >= 0.3 is 0 Å². The number of amides is 3. The topological polar surface area (TPSA) is 136 Å². The van der Waals surface area contributed by atoms with Gasteiger partial charge < -0.3 is 25.0 Å². The molecule has 1 atom stereocenters. The molecule has 0 spiro atoms. The molecule has 4 heterocycles. The van der Waals surface area contributed by atoms with E-state index >= 15 is 0 Å². The minimum absolute atomic E-state index is 0.0186. The lowest BCUT2D eigenvalue weighted by Gasteiger charge is -2.37. The molecule has 2 aromatic heterocycles. The first kappa shape index (κ1) is 28.4. The molecule has 3 amide bonds. The first-order chi connectivity index (χ1) is 20.8. The molecule has 220 valence electrons. The van der Waals surface area contributed by atoms with Crippen LogP contribution < -0.4 is 15.4 Å². The van der Waals surface area contributed by atoms with Crippen LogP contribution in [0.4, 0.5) is 5.13 Å². The van der Waals surface area contributed by atoms with E-state index in [4.69, 9.17) is 14.5 Å². The third-order valence-electron chi connectivity index (χ3n) is 7.74. The quantitative estimate of drug-likeness (QED) is 0.335. The smallest absolute Gasteiger partial charge is 0.282 e. The van der Waals surface area contributed by atoms with Crippen molar-refractivity contribution in [1.29, 1.82) is 0 Å². The second kappa shape index (κ2) is 11.5. The van der Waals surface area contributed by atoms with Gasteiger partial charge in [-0.15, -0.1) is 10.2 Å². The number of nitrogens with one attached hydrogen (secondary N) is 2. The van der Waals surface area contributed by atoms with Crippen molar-refractivity contribution in [2.75, 3.05) is 38.7 Å². The van der Waals surface area contributed by atoms with E-state index in [2.05, 4.69) is 20.8 Å². The Bertz CT molecular complexity index is 1700. The molecular formula is C31H30N6O5S. The average molecular weight is 599 g/mol. The predicted molar refractivity (Wildman–Crippen MR) is 160 cm³/mol. The Balaban J connectivity index is 1.29. The summed E-state index contributed by atoms with van der Waals surface area (Å²) in [7, 11) is 1.51. The van der Waals surface area contributed by atoms with Gasteiger partial charge in [0.1, 0.15) is 5.75 Å². The number of benzene rings is 2. The van der Waals surface area contributed by atoms with Crippen LogP contribution in [0.3, 0.4) is 0 Å². The zero-order chi connectivity index (χ0) is 30.1. The Labute approximate surface area is 252 Å². The first-order valence-corrected chi connectivity index (χ1v) is 14.7. The Morgan fingerprint density at radius 1 is 0.953 bits per heavy atom. The number of para-hydroxylation sites is 1. The zero-order valence-electron chi connectivity index (χ0n) is 23.9. The summed E-state index contributed by atoms with van der Waals surface area (Å²) in [5.41, 5.74) is 2.78. The molecule has 2 aromatic carbocycles. The van der Waals surface area contributed by atoms with Crippen LogP contribution in [-0.2, 0) is 9.53 Å². The molecule has 0 saturated carbocycles. The highest BCUT2D eigenvalue weighted by Gasteiger charge is 2.44. The molecule has 4 aromatic rings. The Morgan fingerprint density at radius 3 is 2.44 bits per heavy atom. The molecule has 6 rings (SSSR count). The van der Waals surface area contributed by atoms with Crippen molar-refractivity contribution in [3.8, 4) is 22.9 Å². The Morgan fingerprint density at radius 2 is 1.70 bits per heavy atom. The number of hydrogen-bond donors (Lipinski definition) is 2. The summed E-state index contributed by atoms with van der Waals surface area (Å²) in [6.07, 6.45) is 0. The number of aromatic nitrogens is 3. The minimum Gasteiger partial charge on any atom is -0.438 e. The number of ether oxygens (including phenoxy) is 2. The average Bonchev–Trinajstić information content (AvgIpc) is 3.51. The second-order valence-corrected chi connectivity index (χ2v) is 11.8. The summed E-state index contributed by atoms with van der Waals surface area (Å²) in [5, 5.41) is 13.6. The molecule has 0 bridgehead atoms. The van der Waals surface area contributed by atoms with E-state index < -0.39 is 11.3 Å². The van der Waals surface area contributed by atoms with Crippen molar-refractivity contribution in [2.24, 2.45) is 5.41 Å². The summed E-state index contributed by atoms with van der Waals surface area (Å²) in [6, 6.07) is 18.8. The second-order valence-electron chi connectivity index (χ2n) is 10.8. The molecule has 0 unspecified atom stereocenters. The van der Waals surface area contributed by atoms with Crippen LogP contribution in [0.15, 0.2) is 60.7 Å². The summed E-state index contributed by atoms with van der Waals surface area (Å²) < 4.78 is 11.6. The van der Waals surface area contributed by atoms with Crippen LogP contribution in [0.2, 0.25) is 0 Å². The van der Waals surface area contributed by atoms with Crippen molar-refractivity contribution in [1.82, 2.24) is 25.4 Å². The Kier molecular flexibility index (Phi) is 7.63. The van der Waals surface area contributed by atoms with Crippen molar-refractivity contribution in [3.63, 3.8) is 0 Å². The molecule has 2 aliphatic rings. The number of rotatable bonds is 6. The van der Waals surface area contributed by atoms with Gasteiger partial charge in [0.2, 0.25) is 21.9 Å². The van der Waals surface area contributed by atoms with Crippen LogP contribution in [0.1, 0.15) is 51.1 Å². The number of anilines is 1. The molecule has 2 aliphatic heterocycles. The number of hydrogen-bond acceptors (Lipinski definition) is 9. The lowest BCUT2D eigenvalue weighted by molar-refractivity contribution is -0.124. The largest absolute Gasteiger partial charge is 0.438 e. The fourth-order valence-electron chi connectivity index (χ4n) is 5.37. The molecule has 0 radical (unpaired) electrons. The zero-order valence-corrected chi connectivity index (χ0v) is 24.7. The summed E-state index contributed by atoms with van der Waals surface area (Å²) in [6.45, 7) is 5.98. The summed E-state index contributed by atoms with van der Waals surface area (Å²) in [4.78, 5) is 45.2. The van der Waals surface area contributed by atoms with Gasteiger partial charge in [0.25, 0.3) is 11.8 Å². The van der Waals surface area contributed by atoms with E-state index in [0.29, 0.717) is 49.2 Å².